The summed E-state index contributed by atoms with van der Waals surface area (Å²) in [7, 11) is -3.89. The first kappa shape index (κ1) is 20.9. The molecule has 0 aliphatic carbocycles. The monoisotopic (exact) mass is 432 g/mol. The minimum Gasteiger partial charge on any atom is -0.492 e. The number of aryl methyl sites for hydroxylation is 1. The number of nitrogens with zero attached hydrogens (tertiary/aromatic N) is 2. The van der Waals surface area contributed by atoms with Crippen molar-refractivity contribution in [2.45, 2.75) is 24.2 Å². The number of sulfonamides is 1. The van der Waals surface area contributed by atoms with Gasteiger partial charge in [-0.15, -0.1) is 10.2 Å². The van der Waals surface area contributed by atoms with Crippen LogP contribution in [0.2, 0.25) is 0 Å². The second kappa shape index (κ2) is 9.12. The molecule has 0 spiro atoms. The van der Waals surface area contributed by atoms with Gasteiger partial charge in [0, 0.05) is 5.56 Å². The Kier molecular flexibility index (Phi) is 6.57. The Morgan fingerprint density at radius 2 is 1.79 bits per heavy atom. The summed E-state index contributed by atoms with van der Waals surface area (Å²) in [5.41, 5.74) is 1.29. The van der Waals surface area contributed by atoms with Gasteiger partial charge in [-0.05, 0) is 37.6 Å². The molecular weight excluding hydrogens is 412 g/mol. The van der Waals surface area contributed by atoms with Crippen molar-refractivity contribution in [1.29, 1.82) is 0 Å². The molecule has 1 aromatic heterocycles. The van der Waals surface area contributed by atoms with Crippen LogP contribution in [0.1, 0.15) is 22.8 Å². The molecule has 0 fully saturated rings. The molecule has 0 aliphatic rings. The van der Waals surface area contributed by atoms with Gasteiger partial charge in [0.25, 0.3) is 15.9 Å². The topological polar surface area (TPSA) is 110 Å². The number of para-hydroxylation sites is 1. The van der Waals surface area contributed by atoms with Gasteiger partial charge in [0.05, 0.1) is 6.04 Å². The summed E-state index contributed by atoms with van der Waals surface area (Å²) >= 11 is 0.780. The fourth-order valence-electron chi connectivity index (χ4n) is 2.45. The number of carbonyl (C=O) groups excluding carboxylic acids is 1. The van der Waals surface area contributed by atoms with Crippen LogP contribution in [0.15, 0.2) is 58.9 Å². The van der Waals surface area contributed by atoms with E-state index in [4.69, 9.17) is 4.74 Å². The number of hydrogen-bond donors (Lipinski definition) is 2. The summed E-state index contributed by atoms with van der Waals surface area (Å²) in [6, 6.07) is 15.7. The molecule has 152 valence electrons. The van der Waals surface area contributed by atoms with E-state index in [9.17, 15) is 13.2 Å². The number of aromatic nitrogens is 2. The fourth-order valence-corrected chi connectivity index (χ4v) is 4.59. The van der Waals surface area contributed by atoms with Gasteiger partial charge in [-0.25, -0.2) is 13.1 Å². The summed E-state index contributed by atoms with van der Waals surface area (Å²) in [5.74, 6) is 0.274. The third kappa shape index (κ3) is 5.59. The molecule has 0 saturated heterocycles. The highest BCUT2D eigenvalue weighted by Gasteiger charge is 2.23. The van der Waals surface area contributed by atoms with Crippen molar-refractivity contribution in [3.8, 4) is 5.75 Å². The van der Waals surface area contributed by atoms with E-state index in [0.717, 1.165) is 16.9 Å². The number of carbonyl (C=O) groups is 1. The first-order valence-corrected chi connectivity index (χ1v) is 11.1. The fraction of sp³-hybridized carbons (Fsp3) is 0.211. The maximum Gasteiger partial charge on any atom is 0.270 e. The zero-order chi connectivity index (χ0) is 20.9. The van der Waals surface area contributed by atoms with E-state index in [2.05, 4.69) is 20.2 Å². The maximum atomic E-state index is 12.5. The molecule has 1 amide bonds. The lowest BCUT2D eigenvalue weighted by molar-refractivity contribution is 0.102. The third-order valence-electron chi connectivity index (χ3n) is 3.85. The van der Waals surface area contributed by atoms with Crippen LogP contribution in [0, 0.1) is 6.92 Å². The lowest BCUT2D eigenvalue weighted by Crippen LogP contribution is -2.36. The van der Waals surface area contributed by atoms with Crippen LogP contribution >= 0.6 is 11.3 Å². The average molecular weight is 433 g/mol. The van der Waals surface area contributed by atoms with Gasteiger partial charge < -0.3 is 4.74 Å². The van der Waals surface area contributed by atoms with E-state index in [1.807, 2.05) is 37.3 Å². The molecule has 2 aromatic carbocycles. The molecule has 0 saturated carbocycles. The molecule has 2 N–H and O–H groups in total. The van der Waals surface area contributed by atoms with Crippen molar-refractivity contribution in [1.82, 2.24) is 14.9 Å². The van der Waals surface area contributed by atoms with Gasteiger partial charge in [0.2, 0.25) is 9.47 Å². The van der Waals surface area contributed by atoms with Crippen LogP contribution in [0.25, 0.3) is 0 Å². The summed E-state index contributed by atoms with van der Waals surface area (Å²) in [6.07, 6.45) is 0. The molecule has 0 bridgehead atoms. The van der Waals surface area contributed by atoms with Gasteiger partial charge in [-0.3, -0.25) is 10.1 Å². The lowest BCUT2D eigenvalue weighted by Gasteiger charge is -2.13. The van der Waals surface area contributed by atoms with Gasteiger partial charge >= 0.3 is 0 Å². The summed E-state index contributed by atoms with van der Waals surface area (Å²) in [6.45, 7) is 3.65. The highest BCUT2D eigenvalue weighted by molar-refractivity contribution is 7.91. The lowest BCUT2D eigenvalue weighted by atomic mass is 10.1. The number of nitrogens with one attached hydrogen (secondary N) is 2. The van der Waals surface area contributed by atoms with E-state index in [1.54, 1.807) is 31.2 Å². The summed E-state index contributed by atoms with van der Waals surface area (Å²) < 4.78 is 32.8. The van der Waals surface area contributed by atoms with Crippen molar-refractivity contribution >= 4 is 32.4 Å². The molecule has 1 heterocycles. The van der Waals surface area contributed by atoms with Crippen molar-refractivity contribution in [3.05, 3.63) is 65.7 Å². The molecule has 0 aliphatic heterocycles. The molecule has 0 radical (unpaired) electrons. The smallest absolute Gasteiger partial charge is 0.270 e. The summed E-state index contributed by atoms with van der Waals surface area (Å²) in [5, 5.41) is 10.1. The van der Waals surface area contributed by atoms with Crippen LogP contribution in [0.5, 0.6) is 5.75 Å². The standard InChI is InChI=1S/C19H20N4O4S2/c1-13-8-6-7-11-16(13)17(24)20-18-21-22-19(28-18)29(25,26)23-14(2)12-27-15-9-4-3-5-10-15/h3-11,14,23H,12H2,1-2H3,(H,20,21,24)/t14-/m1/s1. The number of amides is 1. The van der Waals surface area contributed by atoms with Crippen molar-refractivity contribution < 1.29 is 17.9 Å². The van der Waals surface area contributed by atoms with Gasteiger partial charge in [-0.2, -0.15) is 0 Å². The minimum absolute atomic E-state index is 0.104. The first-order chi connectivity index (χ1) is 13.8. The normalized spacial score (nSPS) is 12.3. The Morgan fingerprint density at radius 3 is 2.52 bits per heavy atom. The van der Waals surface area contributed by atoms with Crippen LogP contribution in [-0.4, -0.2) is 37.2 Å². The maximum absolute atomic E-state index is 12.5. The van der Waals surface area contributed by atoms with E-state index >= 15 is 0 Å². The van der Waals surface area contributed by atoms with Crippen molar-refractivity contribution in [2.24, 2.45) is 0 Å². The molecule has 3 rings (SSSR count). The summed E-state index contributed by atoms with van der Waals surface area (Å²) in [4.78, 5) is 12.3. The second-order valence-corrected chi connectivity index (χ2v) is 9.15. The van der Waals surface area contributed by atoms with Crippen LogP contribution < -0.4 is 14.8 Å². The zero-order valence-electron chi connectivity index (χ0n) is 15.8. The number of ether oxygens (including phenoxy) is 1. The Labute approximate surface area is 173 Å². The van der Waals surface area contributed by atoms with E-state index in [0.29, 0.717) is 11.3 Å². The second-order valence-electron chi connectivity index (χ2n) is 6.29. The molecule has 10 heteroatoms. The zero-order valence-corrected chi connectivity index (χ0v) is 17.5. The SMILES string of the molecule is Cc1ccccc1C(=O)Nc1nnc(S(=O)(=O)N[C@H](C)COc2ccccc2)s1. The number of rotatable bonds is 8. The average Bonchev–Trinajstić information content (AvgIpc) is 3.17. The molecule has 29 heavy (non-hydrogen) atoms. The number of anilines is 1. The molecular formula is C19H20N4O4S2. The van der Waals surface area contributed by atoms with E-state index in [1.165, 1.54) is 0 Å². The Morgan fingerprint density at radius 1 is 1.10 bits per heavy atom. The van der Waals surface area contributed by atoms with E-state index in [-0.39, 0.29) is 22.0 Å². The molecule has 0 unspecified atom stereocenters. The van der Waals surface area contributed by atoms with Crippen molar-refractivity contribution in [2.75, 3.05) is 11.9 Å². The Bertz CT molecular complexity index is 1080. The quantitative estimate of drug-likeness (QED) is 0.530. The molecule has 1 atom stereocenters. The first-order valence-electron chi connectivity index (χ1n) is 8.76. The van der Waals surface area contributed by atoms with Crippen molar-refractivity contribution in [3.63, 3.8) is 0 Å². The Balaban J connectivity index is 1.61. The van der Waals surface area contributed by atoms with Crippen LogP contribution in [0.3, 0.4) is 0 Å². The van der Waals surface area contributed by atoms with E-state index < -0.39 is 16.1 Å². The molecule has 8 nitrogen and oxygen atoms in total. The van der Waals surface area contributed by atoms with Gasteiger partial charge in [-0.1, -0.05) is 47.7 Å². The highest BCUT2D eigenvalue weighted by atomic mass is 32.2. The minimum atomic E-state index is -3.89. The van der Waals surface area contributed by atoms with Crippen LogP contribution in [0.4, 0.5) is 5.13 Å². The Hall–Kier alpha value is -2.82. The van der Waals surface area contributed by atoms with Crippen LogP contribution in [-0.2, 0) is 10.0 Å². The third-order valence-corrected chi connectivity index (χ3v) is 6.64. The predicted octanol–water partition coefficient (Wildman–Crippen LogP) is 2.84. The molecule has 3 aromatic rings. The predicted molar refractivity (Wildman–Crippen MR) is 111 cm³/mol. The van der Waals surface area contributed by atoms with Gasteiger partial charge in [0.1, 0.15) is 12.4 Å². The number of benzene rings is 2. The van der Waals surface area contributed by atoms with Gasteiger partial charge in [0.15, 0.2) is 0 Å². The number of hydrogen-bond acceptors (Lipinski definition) is 7. The highest BCUT2D eigenvalue weighted by Crippen LogP contribution is 2.21. The largest absolute Gasteiger partial charge is 0.492 e.